The number of nitrogens with zero attached hydrogens (tertiary/aromatic N) is 2. The number of ether oxygens (including phenoxy) is 2. The molecule has 1 aromatic rings. The summed E-state index contributed by atoms with van der Waals surface area (Å²) in [6.45, 7) is 5.21. The highest BCUT2D eigenvalue weighted by molar-refractivity contribution is 6.06. The second-order valence-electron chi connectivity index (χ2n) is 10.7. The lowest BCUT2D eigenvalue weighted by Gasteiger charge is -2.41. The molecule has 0 aromatic heterocycles. The highest BCUT2D eigenvalue weighted by atomic mass is 16.6. The Morgan fingerprint density at radius 3 is 2.43 bits per heavy atom. The molecule has 4 aliphatic rings. The van der Waals surface area contributed by atoms with Crippen molar-refractivity contribution in [2.24, 2.45) is 11.8 Å². The molecule has 200 valence electrons. The SMILES string of the molecule is CNC(=O)Nc1ccc2c(c1)CC[C@@]21OC(=O)N(CC(=O)N(C(C)C2CCOCC2)[C@@H](C)C2CC2)C1=O. The van der Waals surface area contributed by atoms with Gasteiger partial charge in [-0.05, 0) is 75.5 Å². The molecule has 10 heteroatoms. The maximum Gasteiger partial charge on any atom is 0.418 e. The van der Waals surface area contributed by atoms with Crippen LogP contribution in [0.25, 0.3) is 0 Å². The molecule has 10 nitrogen and oxygen atoms in total. The van der Waals surface area contributed by atoms with Crippen LogP contribution in [0.4, 0.5) is 15.3 Å². The van der Waals surface area contributed by atoms with E-state index in [9.17, 15) is 19.2 Å². The fourth-order valence-electron chi connectivity index (χ4n) is 6.20. The average Bonchev–Trinajstić information content (AvgIpc) is 3.65. The van der Waals surface area contributed by atoms with Gasteiger partial charge < -0.3 is 25.0 Å². The third kappa shape index (κ3) is 4.67. The number of benzene rings is 1. The van der Waals surface area contributed by atoms with E-state index in [0.29, 0.717) is 49.1 Å². The summed E-state index contributed by atoms with van der Waals surface area (Å²) >= 11 is 0. The van der Waals surface area contributed by atoms with Crippen molar-refractivity contribution < 1.29 is 28.7 Å². The van der Waals surface area contributed by atoms with E-state index in [-0.39, 0.29) is 30.6 Å². The number of amides is 5. The van der Waals surface area contributed by atoms with Gasteiger partial charge in [0.15, 0.2) is 0 Å². The smallest absolute Gasteiger partial charge is 0.418 e. The molecule has 1 aromatic carbocycles. The highest BCUT2D eigenvalue weighted by Gasteiger charge is 2.58. The van der Waals surface area contributed by atoms with Crippen LogP contribution in [0.1, 0.15) is 57.1 Å². The van der Waals surface area contributed by atoms with Crippen molar-refractivity contribution in [2.75, 3.05) is 32.1 Å². The van der Waals surface area contributed by atoms with Crippen LogP contribution in [-0.2, 0) is 31.1 Å². The predicted molar refractivity (Wildman–Crippen MR) is 135 cm³/mol. The standard InChI is InChI=1S/C27H36N4O6/c1-16(18-4-5-18)31(17(2)19-9-12-36-13-10-19)23(32)15-30-24(33)27(37-26(30)35)11-8-20-14-21(6-7-22(20)27)29-25(34)28-3/h6-7,14,16-19H,4-5,8-13,15H2,1-3H3,(H2,28,29,34)/t16-,17?,27+/m0/s1. The number of carbonyl (C=O) groups excluding carboxylic acids is 4. The summed E-state index contributed by atoms with van der Waals surface area (Å²) in [7, 11) is 1.53. The Hall–Kier alpha value is -3.14. The molecule has 2 heterocycles. The van der Waals surface area contributed by atoms with Gasteiger partial charge in [0.2, 0.25) is 11.5 Å². The molecule has 2 saturated heterocycles. The highest BCUT2D eigenvalue weighted by Crippen LogP contribution is 2.46. The van der Waals surface area contributed by atoms with Crippen LogP contribution in [0.3, 0.4) is 0 Å². The number of urea groups is 1. The van der Waals surface area contributed by atoms with E-state index >= 15 is 0 Å². The molecule has 5 amide bonds. The van der Waals surface area contributed by atoms with Crippen LogP contribution in [0.5, 0.6) is 0 Å². The summed E-state index contributed by atoms with van der Waals surface area (Å²) in [5.41, 5.74) is 0.616. The van der Waals surface area contributed by atoms with Crippen LogP contribution < -0.4 is 10.6 Å². The Bertz CT molecular complexity index is 1100. The number of hydrogen-bond acceptors (Lipinski definition) is 6. The maximum atomic E-state index is 13.7. The quantitative estimate of drug-likeness (QED) is 0.580. The maximum absolute atomic E-state index is 13.7. The Morgan fingerprint density at radius 1 is 1.11 bits per heavy atom. The first-order chi connectivity index (χ1) is 17.7. The van der Waals surface area contributed by atoms with Gasteiger partial charge in [-0.25, -0.2) is 14.5 Å². The molecule has 37 heavy (non-hydrogen) atoms. The van der Waals surface area contributed by atoms with Gasteiger partial charge in [0.1, 0.15) is 6.54 Å². The summed E-state index contributed by atoms with van der Waals surface area (Å²) in [6.07, 6.45) is 4.01. The molecular weight excluding hydrogens is 476 g/mol. The molecule has 2 aliphatic heterocycles. The molecule has 0 bridgehead atoms. The summed E-state index contributed by atoms with van der Waals surface area (Å²) in [4.78, 5) is 54.9. The lowest BCUT2D eigenvalue weighted by molar-refractivity contribution is -0.145. The van der Waals surface area contributed by atoms with E-state index < -0.39 is 17.6 Å². The van der Waals surface area contributed by atoms with E-state index in [4.69, 9.17) is 9.47 Å². The van der Waals surface area contributed by atoms with Gasteiger partial charge in [-0.2, -0.15) is 0 Å². The molecule has 2 aliphatic carbocycles. The first kappa shape index (κ1) is 25.5. The van der Waals surface area contributed by atoms with E-state index in [0.717, 1.165) is 36.1 Å². The second-order valence-corrected chi connectivity index (χ2v) is 10.7. The van der Waals surface area contributed by atoms with Gasteiger partial charge in [0.25, 0.3) is 5.91 Å². The van der Waals surface area contributed by atoms with Crippen molar-refractivity contribution in [2.45, 2.75) is 70.1 Å². The summed E-state index contributed by atoms with van der Waals surface area (Å²) in [5.74, 6) is 0.0716. The zero-order valence-corrected chi connectivity index (χ0v) is 21.7. The molecule has 1 saturated carbocycles. The number of nitrogens with one attached hydrogen (secondary N) is 2. The van der Waals surface area contributed by atoms with Crippen LogP contribution in [0.15, 0.2) is 18.2 Å². The molecule has 3 atom stereocenters. The fourth-order valence-corrected chi connectivity index (χ4v) is 6.20. The number of fused-ring (bicyclic) bond motifs is 2. The Balaban J connectivity index is 1.34. The topological polar surface area (TPSA) is 117 Å². The number of carbonyl (C=O) groups is 4. The average molecular weight is 513 g/mol. The van der Waals surface area contributed by atoms with E-state index in [1.54, 1.807) is 18.2 Å². The molecule has 5 rings (SSSR count). The number of imide groups is 1. The van der Waals surface area contributed by atoms with E-state index in [2.05, 4.69) is 24.5 Å². The van der Waals surface area contributed by atoms with Gasteiger partial charge >= 0.3 is 12.1 Å². The predicted octanol–water partition coefficient (Wildman–Crippen LogP) is 3.00. The normalized spacial score (nSPS) is 25.0. The van der Waals surface area contributed by atoms with Gasteiger partial charge in [-0.15, -0.1) is 0 Å². The number of hydrogen-bond donors (Lipinski definition) is 2. The fraction of sp³-hybridized carbons (Fsp3) is 0.630. The van der Waals surface area contributed by atoms with Crippen LogP contribution in [-0.4, -0.2) is 72.6 Å². The number of rotatable bonds is 7. The Morgan fingerprint density at radius 2 is 1.78 bits per heavy atom. The van der Waals surface area contributed by atoms with Crippen LogP contribution in [0.2, 0.25) is 0 Å². The van der Waals surface area contributed by atoms with E-state index in [1.165, 1.54) is 7.05 Å². The molecule has 3 fully saturated rings. The van der Waals surface area contributed by atoms with Gasteiger partial charge in [-0.3, -0.25) is 9.59 Å². The van der Waals surface area contributed by atoms with Gasteiger partial charge in [-0.1, -0.05) is 6.07 Å². The minimum atomic E-state index is -1.42. The summed E-state index contributed by atoms with van der Waals surface area (Å²) < 4.78 is 11.3. The van der Waals surface area contributed by atoms with Gasteiger partial charge in [0, 0.05) is 50.0 Å². The minimum Gasteiger partial charge on any atom is -0.427 e. The third-order valence-corrected chi connectivity index (χ3v) is 8.56. The molecule has 1 spiro atoms. The van der Waals surface area contributed by atoms with Crippen molar-refractivity contribution in [1.82, 2.24) is 15.1 Å². The largest absolute Gasteiger partial charge is 0.427 e. The first-order valence-corrected chi connectivity index (χ1v) is 13.3. The third-order valence-electron chi connectivity index (χ3n) is 8.56. The van der Waals surface area contributed by atoms with Crippen molar-refractivity contribution in [3.63, 3.8) is 0 Å². The minimum absolute atomic E-state index is 0.00636. The van der Waals surface area contributed by atoms with Gasteiger partial charge in [0.05, 0.1) is 0 Å². The van der Waals surface area contributed by atoms with E-state index in [1.807, 2.05) is 4.90 Å². The summed E-state index contributed by atoms with van der Waals surface area (Å²) in [5, 5.41) is 5.22. The zero-order chi connectivity index (χ0) is 26.3. The monoisotopic (exact) mass is 512 g/mol. The lowest BCUT2D eigenvalue weighted by Crippen LogP contribution is -2.53. The van der Waals surface area contributed by atoms with Crippen molar-refractivity contribution in [1.29, 1.82) is 0 Å². The molecule has 1 unspecified atom stereocenters. The second kappa shape index (κ2) is 9.96. The lowest BCUT2D eigenvalue weighted by atomic mass is 9.90. The molecule has 2 N–H and O–H groups in total. The number of aryl methyl sites for hydroxylation is 1. The Labute approximate surface area is 217 Å². The van der Waals surface area contributed by atoms with Crippen molar-refractivity contribution in [3.8, 4) is 0 Å². The Kier molecular flexibility index (Phi) is 6.87. The van der Waals surface area contributed by atoms with Crippen molar-refractivity contribution in [3.05, 3.63) is 29.3 Å². The van der Waals surface area contributed by atoms with Crippen LogP contribution >= 0.6 is 0 Å². The zero-order valence-electron chi connectivity index (χ0n) is 21.7. The molecule has 0 radical (unpaired) electrons. The first-order valence-electron chi connectivity index (χ1n) is 13.3. The van der Waals surface area contributed by atoms with Crippen LogP contribution in [0, 0.1) is 11.8 Å². The molecular formula is C27H36N4O6. The summed E-state index contributed by atoms with van der Waals surface area (Å²) in [6, 6.07) is 4.90. The number of anilines is 1. The van der Waals surface area contributed by atoms with Crippen molar-refractivity contribution >= 4 is 29.6 Å².